The lowest BCUT2D eigenvalue weighted by atomic mass is 10.2. The second-order valence-electron chi connectivity index (χ2n) is 8.24. The summed E-state index contributed by atoms with van der Waals surface area (Å²) in [4.78, 5) is 14.1. The molecule has 5 heterocycles. The van der Waals surface area contributed by atoms with E-state index in [1.807, 2.05) is 42.5 Å². The third-order valence-corrected chi connectivity index (χ3v) is 5.91. The zero-order valence-electron chi connectivity index (χ0n) is 20.2. The lowest BCUT2D eigenvalue weighted by molar-refractivity contribution is -0.0443. The Morgan fingerprint density at radius 2 is 1.84 bits per heavy atom. The topological polar surface area (TPSA) is 118 Å². The number of anilines is 1. The number of nitrogens with zero attached hydrogens (tertiary/aromatic N) is 5. The Morgan fingerprint density at radius 3 is 2.57 bits per heavy atom. The molecule has 1 saturated heterocycles. The monoisotopic (exact) mass is 500 g/mol. The lowest BCUT2D eigenvalue weighted by Gasteiger charge is -2.12. The largest absolute Gasteiger partial charge is 0.493 e. The summed E-state index contributed by atoms with van der Waals surface area (Å²) >= 11 is 0. The zero-order valence-corrected chi connectivity index (χ0v) is 20.2. The van der Waals surface area contributed by atoms with Crippen LogP contribution in [-0.2, 0) is 16.0 Å². The highest BCUT2D eigenvalue weighted by atomic mass is 16.7. The van der Waals surface area contributed by atoms with E-state index in [1.54, 1.807) is 37.3 Å². The van der Waals surface area contributed by atoms with Crippen molar-refractivity contribution < 1.29 is 23.4 Å². The maximum absolute atomic E-state index is 5.57. The first-order valence-corrected chi connectivity index (χ1v) is 11.7. The van der Waals surface area contributed by atoms with E-state index in [4.69, 9.17) is 28.3 Å². The van der Waals surface area contributed by atoms with Crippen LogP contribution in [0.5, 0.6) is 11.5 Å². The number of hydrogen-bond acceptors (Lipinski definition) is 10. The Hall–Kier alpha value is -4.48. The Labute approximate surface area is 212 Å². The number of aromatic nitrogens is 5. The third-order valence-electron chi connectivity index (χ3n) is 5.91. The van der Waals surface area contributed by atoms with E-state index in [1.165, 1.54) is 0 Å². The molecule has 1 aliphatic rings. The Morgan fingerprint density at radius 1 is 0.973 bits per heavy atom. The quantitative estimate of drug-likeness (QED) is 0.333. The maximum Gasteiger partial charge on any atom is 0.226 e. The van der Waals surface area contributed by atoms with Gasteiger partial charge in [0.15, 0.2) is 29.2 Å². The number of methoxy groups -OCH3 is 2. The number of benzene rings is 1. The lowest BCUT2D eigenvalue weighted by Crippen LogP contribution is -2.09. The number of rotatable bonds is 8. The van der Waals surface area contributed by atoms with E-state index in [0.717, 1.165) is 11.1 Å². The molecule has 37 heavy (non-hydrogen) atoms. The third kappa shape index (κ3) is 4.57. The summed E-state index contributed by atoms with van der Waals surface area (Å²) in [6, 6.07) is 15.0. The van der Waals surface area contributed by atoms with Crippen LogP contribution >= 0.6 is 0 Å². The van der Waals surface area contributed by atoms with Gasteiger partial charge >= 0.3 is 0 Å². The molecule has 11 nitrogen and oxygen atoms in total. The van der Waals surface area contributed by atoms with Crippen LogP contribution in [0.15, 0.2) is 65.4 Å². The molecule has 0 saturated carbocycles. The van der Waals surface area contributed by atoms with Crippen LogP contribution in [0.2, 0.25) is 0 Å². The first kappa shape index (κ1) is 23.0. The zero-order chi connectivity index (χ0) is 25.2. The highest BCUT2D eigenvalue weighted by Gasteiger charge is 2.20. The van der Waals surface area contributed by atoms with Gasteiger partial charge < -0.3 is 28.7 Å². The van der Waals surface area contributed by atoms with E-state index in [9.17, 15) is 0 Å². The van der Waals surface area contributed by atoms with Crippen LogP contribution in [0.1, 0.15) is 17.4 Å². The van der Waals surface area contributed by atoms with E-state index < -0.39 is 0 Å². The second-order valence-corrected chi connectivity index (χ2v) is 8.24. The van der Waals surface area contributed by atoms with Gasteiger partial charge in [-0.3, -0.25) is 4.98 Å². The summed E-state index contributed by atoms with van der Waals surface area (Å²) in [7, 11) is 3.22. The summed E-state index contributed by atoms with van der Waals surface area (Å²) < 4.78 is 29.1. The summed E-state index contributed by atoms with van der Waals surface area (Å²) in [6.45, 7) is 1.61. The molecule has 0 spiro atoms. The van der Waals surface area contributed by atoms with Crippen molar-refractivity contribution in [1.29, 1.82) is 0 Å². The molecular formula is C26H24N6O5. The van der Waals surface area contributed by atoms with Crippen LogP contribution in [-0.4, -0.2) is 52.0 Å². The van der Waals surface area contributed by atoms with Crippen LogP contribution in [0.4, 0.5) is 5.95 Å². The average molecular weight is 501 g/mol. The molecule has 11 heteroatoms. The van der Waals surface area contributed by atoms with Gasteiger partial charge in [0.1, 0.15) is 0 Å². The molecule has 0 radical (unpaired) electrons. The Balaban J connectivity index is 1.35. The minimum atomic E-state index is -0.386. The van der Waals surface area contributed by atoms with Crippen molar-refractivity contribution in [3.05, 3.63) is 72.1 Å². The molecular weight excluding hydrogens is 476 g/mol. The number of furan rings is 1. The molecule has 1 fully saturated rings. The molecule has 6 rings (SSSR count). The predicted octanol–water partition coefficient (Wildman–Crippen LogP) is 4.12. The fourth-order valence-corrected chi connectivity index (χ4v) is 4.06. The second kappa shape index (κ2) is 9.88. The molecule has 1 N–H and O–H groups in total. The van der Waals surface area contributed by atoms with Crippen molar-refractivity contribution in [2.75, 3.05) is 32.8 Å². The number of hydrogen-bond donors (Lipinski definition) is 1. The molecule has 1 aromatic carbocycles. The van der Waals surface area contributed by atoms with E-state index in [-0.39, 0.29) is 6.29 Å². The van der Waals surface area contributed by atoms with Crippen LogP contribution < -0.4 is 14.8 Å². The Kier molecular flexibility index (Phi) is 6.13. The Bertz CT molecular complexity index is 1510. The molecule has 4 aromatic heterocycles. The van der Waals surface area contributed by atoms with E-state index >= 15 is 0 Å². The minimum absolute atomic E-state index is 0.386. The van der Waals surface area contributed by atoms with Gasteiger partial charge in [-0.1, -0.05) is 12.1 Å². The van der Waals surface area contributed by atoms with Gasteiger partial charge in [0.25, 0.3) is 0 Å². The smallest absolute Gasteiger partial charge is 0.226 e. The van der Waals surface area contributed by atoms with Gasteiger partial charge in [-0.25, -0.2) is 9.97 Å². The maximum atomic E-state index is 5.57. The van der Waals surface area contributed by atoms with Crippen molar-refractivity contribution in [3.63, 3.8) is 0 Å². The van der Waals surface area contributed by atoms with Gasteiger partial charge in [0.2, 0.25) is 11.8 Å². The van der Waals surface area contributed by atoms with Gasteiger partial charge in [-0.2, -0.15) is 4.52 Å². The van der Waals surface area contributed by atoms with Crippen LogP contribution in [0, 0.1) is 0 Å². The molecule has 188 valence electrons. The number of ether oxygens (including phenoxy) is 4. The molecule has 0 atom stereocenters. The molecule has 0 unspecified atom stereocenters. The van der Waals surface area contributed by atoms with Crippen molar-refractivity contribution in [2.45, 2.75) is 12.8 Å². The van der Waals surface area contributed by atoms with Crippen molar-refractivity contribution >= 4 is 11.6 Å². The molecule has 0 amide bonds. The van der Waals surface area contributed by atoms with Crippen molar-refractivity contribution in [1.82, 2.24) is 24.6 Å². The van der Waals surface area contributed by atoms with E-state index in [2.05, 4.69) is 20.4 Å². The summed E-state index contributed by atoms with van der Waals surface area (Å²) in [5.41, 5.74) is 3.75. The number of fused-ring (bicyclic) bond motifs is 1. The van der Waals surface area contributed by atoms with Gasteiger partial charge in [0, 0.05) is 24.4 Å². The fraction of sp³-hybridized carbons (Fsp3) is 0.231. The minimum Gasteiger partial charge on any atom is -0.493 e. The van der Waals surface area contributed by atoms with Crippen LogP contribution in [0.3, 0.4) is 0 Å². The fourth-order valence-electron chi connectivity index (χ4n) is 4.06. The molecule has 0 bridgehead atoms. The standard InChI is InChI=1S/C26H24N6O5/c1-33-20-8-5-16(12-22(20)34-2)14-28-26-29-19(18-7-6-17(15-27-18)25-36-10-11-37-25)13-23-30-24(31-32(23)26)21-4-3-9-35-21/h3-9,12-13,15,25H,10-11,14H2,1-2H3,(H,28,29). The van der Waals surface area contributed by atoms with Crippen LogP contribution in [0.25, 0.3) is 28.6 Å². The average Bonchev–Trinajstić information content (AvgIpc) is 3.73. The van der Waals surface area contributed by atoms with Crippen molar-refractivity contribution in [2.24, 2.45) is 0 Å². The molecule has 1 aliphatic heterocycles. The predicted molar refractivity (Wildman–Crippen MR) is 133 cm³/mol. The normalized spacial score (nSPS) is 13.8. The molecule has 5 aromatic rings. The highest BCUT2D eigenvalue weighted by Crippen LogP contribution is 2.29. The van der Waals surface area contributed by atoms with Gasteiger partial charge in [-0.05, 0) is 35.9 Å². The number of nitrogens with one attached hydrogen (secondary N) is 1. The van der Waals surface area contributed by atoms with E-state index in [0.29, 0.717) is 65.8 Å². The SMILES string of the molecule is COc1ccc(CNc2nc(-c3ccc(C4OCCO4)cn3)cc3nc(-c4ccco4)nn23)cc1OC. The summed E-state index contributed by atoms with van der Waals surface area (Å²) in [6.07, 6.45) is 2.94. The number of pyridine rings is 1. The first-order valence-electron chi connectivity index (χ1n) is 11.7. The van der Waals surface area contributed by atoms with Gasteiger partial charge in [-0.15, -0.1) is 5.10 Å². The first-order chi connectivity index (χ1) is 18.2. The van der Waals surface area contributed by atoms with Gasteiger partial charge in [0.05, 0.1) is 45.1 Å². The summed E-state index contributed by atoms with van der Waals surface area (Å²) in [5, 5.41) is 7.99. The summed E-state index contributed by atoms with van der Waals surface area (Å²) in [5.74, 6) is 2.83. The highest BCUT2D eigenvalue weighted by molar-refractivity contribution is 5.65. The molecule has 0 aliphatic carbocycles. The van der Waals surface area contributed by atoms with Crippen molar-refractivity contribution in [3.8, 4) is 34.5 Å².